The molecule has 0 aliphatic heterocycles. The van der Waals surface area contributed by atoms with Crippen LogP contribution in [0.3, 0.4) is 0 Å². The maximum atomic E-state index is 13.6. The Hall–Kier alpha value is -3.52. The molecule has 0 saturated heterocycles. The van der Waals surface area contributed by atoms with Crippen molar-refractivity contribution in [3.63, 3.8) is 0 Å². The molecule has 8 heteroatoms. The lowest BCUT2D eigenvalue weighted by Crippen LogP contribution is -2.45. The Balaban J connectivity index is 1.74. The number of hydrogen-bond donors (Lipinski definition) is 1. The second-order valence-electron chi connectivity index (χ2n) is 9.00. The molecule has 0 unspecified atom stereocenters. The average molecular weight is 524 g/mol. The number of rotatable bonds is 12. The highest BCUT2D eigenvalue weighted by Crippen LogP contribution is 2.28. The third kappa shape index (κ3) is 7.98. The summed E-state index contributed by atoms with van der Waals surface area (Å²) in [5, 5.41) is 4.97. The summed E-state index contributed by atoms with van der Waals surface area (Å²) < 4.78 is 10.8. The van der Waals surface area contributed by atoms with Crippen LogP contribution in [0.2, 0.25) is 0 Å². The van der Waals surface area contributed by atoms with Gasteiger partial charge < -0.3 is 24.6 Å². The Morgan fingerprint density at radius 2 is 1.65 bits per heavy atom. The van der Waals surface area contributed by atoms with Crippen molar-refractivity contribution in [2.45, 2.75) is 40.2 Å². The molecule has 1 aromatic heterocycles. The summed E-state index contributed by atoms with van der Waals surface area (Å²) in [4.78, 5) is 31.2. The lowest BCUT2D eigenvalue weighted by molar-refractivity contribution is -0.132. The molecule has 1 N–H and O–H groups in total. The van der Waals surface area contributed by atoms with E-state index < -0.39 is 0 Å². The summed E-state index contributed by atoms with van der Waals surface area (Å²) in [5.74, 6) is 1.25. The van der Waals surface area contributed by atoms with Crippen LogP contribution in [0.4, 0.5) is 10.5 Å². The van der Waals surface area contributed by atoms with Crippen LogP contribution in [0.1, 0.15) is 34.9 Å². The van der Waals surface area contributed by atoms with Crippen molar-refractivity contribution in [1.82, 2.24) is 9.80 Å². The number of thiophene rings is 1. The average Bonchev–Trinajstić information content (AvgIpc) is 3.31. The standard InChI is InChI=1S/C29H37N3O4S/c1-6-15-32(29(34)30-24-10-7-21(2)8-11-24)20-28(33)31(19-27-22(3)14-17-37-27)16-13-23-9-12-25(35-4)26(18-23)36-5/h7-12,14,17-18H,6,13,15-16,19-20H2,1-5H3,(H,30,34). The summed E-state index contributed by atoms with van der Waals surface area (Å²) >= 11 is 1.64. The van der Waals surface area contributed by atoms with E-state index in [0.29, 0.717) is 43.2 Å². The molecular weight excluding hydrogens is 486 g/mol. The molecule has 3 rings (SSSR count). The van der Waals surface area contributed by atoms with E-state index in [0.717, 1.165) is 28.0 Å². The summed E-state index contributed by atoms with van der Waals surface area (Å²) in [6.45, 7) is 7.59. The molecule has 37 heavy (non-hydrogen) atoms. The first-order chi connectivity index (χ1) is 17.8. The van der Waals surface area contributed by atoms with Gasteiger partial charge in [-0.05, 0) is 73.5 Å². The largest absolute Gasteiger partial charge is 0.493 e. The Morgan fingerprint density at radius 1 is 0.919 bits per heavy atom. The van der Waals surface area contributed by atoms with Gasteiger partial charge in [0.1, 0.15) is 6.54 Å². The molecule has 198 valence electrons. The van der Waals surface area contributed by atoms with E-state index in [1.165, 1.54) is 0 Å². The molecule has 7 nitrogen and oxygen atoms in total. The molecule has 0 fully saturated rings. The number of hydrogen-bond acceptors (Lipinski definition) is 5. The van der Waals surface area contributed by atoms with Crippen LogP contribution in [-0.2, 0) is 17.8 Å². The van der Waals surface area contributed by atoms with Gasteiger partial charge in [0.25, 0.3) is 0 Å². The minimum Gasteiger partial charge on any atom is -0.493 e. The number of aryl methyl sites for hydroxylation is 2. The Labute approximate surface area is 224 Å². The van der Waals surface area contributed by atoms with E-state index in [4.69, 9.17) is 9.47 Å². The van der Waals surface area contributed by atoms with Crippen molar-refractivity contribution in [2.24, 2.45) is 0 Å². The van der Waals surface area contributed by atoms with E-state index in [1.807, 2.05) is 66.6 Å². The number of nitrogens with zero attached hydrogens (tertiary/aromatic N) is 2. The second kappa shape index (κ2) is 13.7. The van der Waals surface area contributed by atoms with E-state index in [9.17, 15) is 9.59 Å². The predicted molar refractivity (Wildman–Crippen MR) is 150 cm³/mol. The van der Waals surface area contributed by atoms with Crippen LogP contribution >= 0.6 is 11.3 Å². The van der Waals surface area contributed by atoms with Crippen molar-refractivity contribution in [2.75, 3.05) is 39.2 Å². The van der Waals surface area contributed by atoms with Crippen molar-refractivity contribution >= 4 is 29.0 Å². The molecular formula is C29H37N3O4S. The monoisotopic (exact) mass is 523 g/mol. The lowest BCUT2D eigenvalue weighted by Gasteiger charge is -2.28. The van der Waals surface area contributed by atoms with Gasteiger partial charge in [-0.15, -0.1) is 11.3 Å². The third-order valence-electron chi connectivity index (χ3n) is 6.18. The fraction of sp³-hybridized carbons (Fsp3) is 0.379. The maximum Gasteiger partial charge on any atom is 0.322 e. The fourth-order valence-electron chi connectivity index (χ4n) is 3.96. The summed E-state index contributed by atoms with van der Waals surface area (Å²) in [6, 6.07) is 15.2. The SMILES string of the molecule is CCCN(CC(=O)N(CCc1ccc(OC)c(OC)c1)Cc1sccc1C)C(=O)Nc1ccc(C)cc1. The van der Waals surface area contributed by atoms with E-state index in [-0.39, 0.29) is 18.5 Å². The van der Waals surface area contributed by atoms with Crippen molar-refractivity contribution in [3.8, 4) is 11.5 Å². The Morgan fingerprint density at radius 3 is 2.27 bits per heavy atom. The van der Waals surface area contributed by atoms with Crippen LogP contribution in [-0.4, -0.2) is 55.6 Å². The van der Waals surface area contributed by atoms with Crippen LogP contribution < -0.4 is 14.8 Å². The number of carbonyl (C=O) groups excluding carboxylic acids is 2. The first-order valence-corrected chi connectivity index (χ1v) is 13.4. The van der Waals surface area contributed by atoms with E-state index in [2.05, 4.69) is 18.3 Å². The minimum absolute atomic E-state index is 0.0158. The topological polar surface area (TPSA) is 71.1 Å². The molecule has 2 aromatic carbocycles. The quantitative estimate of drug-likeness (QED) is 0.321. The molecule has 3 aromatic rings. The normalized spacial score (nSPS) is 10.6. The van der Waals surface area contributed by atoms with Crippen molar-refractivity contribution < 1.29 is 19.1 Å². The van der Waals surface area contributed by atoms with Crippen molar-refractivity contribution in [1.29, 1.82) is 0 Å². The molecule has 0 saturated carbocycles. The number of urea groups is 1. The fourth-order valence-corrected chi connectivity index (χ4v) is 4.88. The van der Waals surface area contributed by atoms with Gasteiger partial charge >= 0.3 is 6.03 Å². The van der Waals surface area contributed by atoms with Gasteiger partial charge in [-0.25, -0.2) is 4.79 Å². The zero-order valence-corrected chi connectivity index (χ0v) is 23.2. The second-order valence-corrected chi connectivity index (χ2v) is 10.00. The number of anilines is 1. The molecule has 0 spiro atoms. The number of amides is 3. The predicted octanol–water partition coefficient (Wildman–Crippen LogP) is 5.90. The molecule has 3 amide bonds. The number of ether oxygens (including phenoxy) is 2. The van der Waals surface area contributed by atoms with Crippen LogP contribution in [0.15, 0.2) is 53.9 Å². The zero-order chi connectivity index (χ0) is 26.8. The van der Waals surface area contributed by atoms with Gasteiger partial charge in [0.05, 0.1) is 20.8 Å². The molecule has 0 radical (unpaired) electrons. The molecule has 0 bridgehead atoms. The van der Waals surface area contributed by atoms with Gasteiger partial charge in [0.2, 0.25) is 5.91 Å². The Kier molecular flexibility index (Phi) is 10.4. The smallest absolute Gasteiger partial charge is 0.322 e. The zero-order valence-electron chi connectivity index (χ0n) is 22.4. The Bertz CT molecular complexity index is 1180. The van der Waals surface area contributed by atoms with E-state index in [1.54, 1.807) is 30.5 Å². The highest BCUT2D eigenvalue weighted by Gasteiger charge is 2.22. The molecule has 0 atom stereocenters. The van der Waals surface area contributed by atoms with Gasteiger partial charge in [0.15, 0.2) is 11.5 Å². The maximum absolute atomic E-state index is 13.6. The van der Waals surface area contributed by atoms with E-state index >= 15 is 0 Å². The highest BCUT2D eigenvalue weighted by molar-refractivity contribution is 7.10. The van der Waals surface area contributed by atoms with Crippen LogP contribution in [0, 0.1) is 13.8 Å². The number of methoxy groups -OCH3 is 2. The first-order valence-electron chi connectivity index (χ1n) is 12.5. The highest BCUT2D eigenvalue weighted by atomic mass is 32.1. The van der Waals surface area contributed by atoms with Crippen LogP contribution in [0.25, 0.3) is 0 Å². The van der Waals surface area contributed by atoms with Crippen molar-refractivity contribution in [3.05, 3.63) is 75.5 Å². The summed E-state index contributed by atoms with van der Waals surface area (Å²) in [6.07, 6.45) is 1.41. The first kappa shape index (κ1) is 28.1. The minimum atomic E-state index is -0.272. The number of benzene rings is 2. The summed E-state index contributed by atoms with van der Waals surface area (Å²) in [7, 11) is 3.22. The lowest BCUT2D eigenvalue weighted by atomic mass is 10.1. The van der Waals surface area contributed by atoms with Gasteiger partial charge in [-0.3, -0.25) is 4.79 Å². The summed E-state index contributed by atoms with van der Waals surface area (Å²) in [5.41, 5.74) is 4.04. The molecule has 1 heterocycles. The van der Waals surface area contributed by atoms with Gasteiger partial charge in [-0.2, -0.15) is 0 Å². The van der Waals surface area contributed by atoms with Gasteiger partial charge in [0, 0.05) is 23.7 Å². The van der Waals surface area contributed by atoms with Crippen LogP contribution in [0.5, 0.6) is 11.5 Å². The number of nitrogens with one attached hydrogen (secondary N) is 1. The number of carbonyl (C=O) groups is 2. The third-order valence-corrected chi connectivity index (χ3v) is 7.19. The van der Waals surface area contributed by atoms with Gasteiger partial charge in [-0.1, -0.05) is 30.7 Å². The molecule has 0 aliphatic rings. The molecule has 0 aliphatic carbocycles.